The average Bonchev–Trinajstić information content (AvgIpc) is 3.82. The minimum absolute atomic E-state index is 0.861. The van der Waals surface area contributed by atoms with Crippen LogP contribution >= 0.6 is 0 Å². The highest BCUT2D eigenvalue weighted by molar-refractivity contribution is 6.24. The van der Waals surface area contributed by atoms with Gasteiger partial charge in [-0.15, -0.1) is 0 Å². The van der Waals surface area contributed by atoms with Crippen LogP contribution in [0.2, 0.25) is 0 Å². The van der Waals surface area contributed by atoms with Gasteiger partial charge < -0.3 is 4.42 Å². The topological polar surface area (TPSA) is 56.2 Å². The van der Waals surface area contributed by atoms with Gasteiger partial charge in [0.1, 0.15) is 16.8 Å². The molecule has 250 valence electrons. The molecule has 4 heterocycles. The molecule has 12 rings (SSSR count). The Labute approximate surface area is 308 Å². The van der Waals surface area contributed by atoms with Crippen molar-refractivity contribution >= 4 is 82.0 Å². The molecule has 0 radical (unpaired) electrons. The van der Waals surface area contributed by atoms with Gasteiger partial charge in [-0.3, -0.25) is 4.40 Å². The van der Waals surface area contributed by atoms with Crippen molar-refractivity contribution in [1.29, 1.82) is 0 Å². The van der Waals surface area contributed by atoms with Gasteiger partial charge >= 0.3 is 0 Å². The molecule has 0 aliphatic heterocycles. The van der Waals surface area contributed by atoms with E-state index in [4.69, 9.17) is 19.4 Å². The zero-order valence-corrected chi connectivity index (χ0v) is 28.9. The second-order valence-electron chi connectivity index (χ2n) is 14.0. The predicted octanol–water partition coefficient (Wildman–Crippen LogP) is 12.8. The zero-order valence-electron chi connectivity index (χ0n) is 28.9. The Morgan fingerprint density at radius 2 is 1.09 bits per heavy atom. The van der Waals surface area contributed by atoms with Crippen molar-refractivity contribution in [2.24, 2.45) is 0 Å². The lowest BCUT2D eigenvalue weighted by Gasteiger charge is -2.14. The first kappa shape index (κ1) is 29.2. The molecular weight excluding hydrogens is 661 g/mol. The maximum atomic E-state index is 6.11. The van der Waals surface area contributed by atoms with Crippen molar-refractivity contribution in [1.82, 2.24) is 19.4 Å². The molecule has 0 atom stereocenters. The van der Waals surface area contributed by atoms with Gasteiger partial charge in [-0.05, 0) is 69.8 Å². The van der Waals surface area contributed by atoms with Crippen molar-refractivity contribution in [3.63, 3.8) is 0 Å². The summed E-state index contributed by atoms with van der Waals surface area (Å²) in [6.45, 7) is 0. The van der Waals surface area contributed by atoms with E-state index in [-0.39, 0.29) is 0 Å². The van der Waals surface area contributed by atoms with E-state index in [1.807, 2.05) is 18.2 Å². The lowest BCUT2D eigenvalue weighted by molar-refractivity contribution is 0.669. The van der Waals surface area contributed by atoms with E-state index in [2.05, 4.69) is 156 Å². The standard InChI is InChI=1S/C49H28N4O/c1-2-11-30(12-3-1)45-46(50-41-22-19-29-10-4-5-13-34(29)47(41)52-45)33-18-21-38-39(27-33)35-14-6-7-16-37(35)48-49(38)53-25-24-32(28-44(53)51-48)31-20-23-43-40(26-31)36-15-8-9-17-42(36)54-43/h1-28H. The van der Waals surface area contributed by atoms with E-state index in [1.165, 1.54) is 0 Å². The molecule has 0 fully saturated rings. The average molecular weight is 689 g/mol. The number of furan rings is 1. The molecule has 0 saturated carbocycles. The largest absolute Gasteiger partial charge is 0.456 e. The highest BCUT2D eigenvalue weighted by atomic mass is 16.3. The summed E-state index contributed by atoms with van der Waals surface area (Å²) in [5.41, 5.74) is 12.6. The number of nitrogens with zero attached hydrogens (tertiary/aromatic N) is 4. The summed E-state index contributed by atoms with van der Waals surface area (Å²) in [6, 6.07) is 57.4. The van der Waals surface area contributed by atoms with Crippen molar-refractivity contribution in [3.8, 4) is 33.6 Å². The summed E-state index contributed by atoms with van der Waals surface area (Å²) < 4.78 is 8.34. The number of rotatable bonds is 3. The monoisotopic (exact) mass is 688 g/mol. The Morgan fingerprint density at radius 3 is 2.00 bits per heavy atom. The van der Waals surface area contributed by atoms with E-state index in [0.29, 0.717) is 0 Å². The van der Waals surface area contributed by atoms with Gasteiger partial charge in [0, 0.05) is 44.3 Å². The number of para-hydroxylation sites is 1. The quantitative estimate of drug-likeness (QED) is 0.173. The number of benzene rings is 8. The van der Waals surface area contributed by atoms with Crippen LogP contribution in [-0.4, -0.2) is 19.4 Å². The summed E-state index contributed by atoms with van der Waals surface area (Å²) in [5.74, 6) is 0. The molecule has 0 bridgehead atoms. The summed E-state index contributed by atoms with van der Waals surface area (Å²) in [7, 11) is 0. The Hall–Kier alpha value is -7.37. The van der Waals surface area contributed by atoms with Crippen molar-refractivity contribution in [2.75, 3.05) is 0 Å². The number of aromatic nitrogens is 4. The van der Waals surface area contributed by atoms with Crippen LogP contribution in [0.5, 0.6) is 0 Å². The maximum Gasteiger partial charge on any atom is 0.138 e. The molecule has 0 N–H and O–H groups in total. The van der Waals surface area contributed by atoms with E-state index in [1.54, 1.807) is 0 Å². The third kappa shape index (κ3) is 4.24. The van der Waals surface area contributed by atoms with Gasteiger partial charge in [0.15, 0.2) is 0 Å². The summed E-state index contributed by atoms with van der Waals surface area (Å²) in [6.07, 6.45) is 2.16. The third-order valence-corrected chi connectivity index (χ3v) is 11.0. The Kier molecular flexibility index (Phi) is 5.99. The highest BCUT2D eigenvalue weighted by Crippen LogP contribution is 2.40. The fourth-order valence-corrected chi connectivity index (χ4v) is 8.41. The molecule has 0 saturated heterocycles. The zero-order chi connectivity index (χ0) is 35.3. The van der Waals surface area contributed by atoms with Crippen LogP contribution in [0.3, 0.4) is 0 Å². The van der Waals surface area contributed by atoms with E-state index < -0.39 is 0 Å². The molecule has 8 aromatic carbocycles. The summed E-state index contributed by atoms with van der Waals surface area (Å²) >= 11 is 0. The summed E-state index contributed by atoms with van der Waals surface area (Å²) in [4.78, 5) is 16.0. The third-order valence-electron chi connectivity index (χ3n) is 11.0. The first-order chi connectivity index (χ1) is 26.7. The summed E-state index contributed by atoms with van der Waals surface area (Å²) in [5, 5.41) is 9.06. The minimum atomic E-state index is 0.861. The van der Waals surface area contributed by atoms with Crippen LogP contribution in [0.15, 0.2) is 174 Å². The van der Waals surface area contributed by atoms with Crippen LogP contribution in [-0.2, 0) is 0 Å². The first-order valence-electron chi connectivity index (χ1n) is 18.2. The first-order valence-corrected chi connectivity index (χ1v) is 18.2. The molecule has 54 heavy (non-hydrogen) atoms. The number of hydrogen-bond acceptors (Lipinski definition) is 4. The second kappa shape index (κ2) is 11.1. The Bertz CT molecular complexity index is 3510. The normalized spacial score (nSPS) is 12.1. The number of pyridine rings is 1. The highest BCUT2D eigenvalue weighted by Gasteiger charge is 2.19. The lowest BCUT2D eigenvalue weighted by atomic mass is 9.95. The SMILES string of the molecule is c1ccc(-c2nc3c(ccc4ccccc43)nc2-c2ccc3c(c2)c2ccccc2c2nc4cc(-c5ccc6oc7ccccc7c6c5)ccn4c32)cc1. The minimum Gasteiger partial charge on any atom is -0.456 e. The van der Waals surface area contributed by atoms with Crippen molar-refractivity contribution in [3.05, 3.63) is 170 Å². The predicted molar refractivity (Wildman–Crippen MR) is 222 cm³/mol. The smallest absolute Gasteiger partial charge is 0.138 e. The van der Waals surface area contributed by atoms with Gasteiger partial charge in [-0.2, -0.15) is 0 Å². The number of imidazole rings is 1. The van der Waals surface area contributed by atoms with Gasteiger partial charge in [0.25, 0.3) is 0 Å². The molecule has 0 aliphatic rings. The van der Waals surface area contributed by atoms with Crippen molar-refractivity contribution in [2.45, 2.75) is 0 Å². The van der Waals surface area contributed by atoms with Gasteiger partial charge in [-0.1, -0.05) is 121 Å². The van der Waals surface area contributed by atoms with E-state index in [9.17, 15) is 0 Å². The maximum absolute atomic E-state index is 6.11. The molecule has 5 nitrogen and oxygen atoms in total. The number of hydrogen-bond donors (Lipinski definition) is 0. The molecule has 5 heteroatoms. The second-order valence-corrected chi connectivity index (χ2v) is 14.0. The van der Waals surface area contributed by atoms with Gasteiger partial charge in [0.05, 0.1) is 33.5 Å². The van der Waals surface area contributed by atoms with E-state index in [0.717, 1.165) is 116 Å². The molecular formula is C49H28N4O. The van der Waals surface area contributed by atoms with Crippen LogP contribution in [0.1, 0.15) is 0 Å². The lowest BCUT2D eigenvalue weighted by Crippen LogP contribution is -1.96. The Balaban J connectivity index is 1.08. The van der Waals surface area contributed by atoms with Crippen LogP contribution in [0.4, 0.5) is 0 Å². The molecule has 4 aromatic heterocycles. The fraction of sp³-hybridized carbons (Fsp3) is 0. The van der Waals surface area contributed by atoms with Crippen molar-refractivity contribution < 1.29 is 4.42 Å². The van der Waals surface area contributed by atoms with Gasteiger partial charge in [0.2, 0.25) is 0 Å². The Morgan fingerprint density at radius 1 is 0.389 bits per heavy atom. The van der Waals surface area contributed by atoms with Crippen LogP contribution < -0.4 is 0 Å². The fourth-order valence-electron chi connectivity index (χ4n) is 8.41. The molecule has 0 unspecified atom stereocenters. The van der Waals surface area contributed by atoms with Crippen LogP contribution in [0, 0.1) is 0 Å². The molecule has 0 aliphatic carbocycles. The van der Waals surface area contributed by atoms with Crippen LogP contribution in [0.25, 0.3) is 116 Å². The molecule has 0 spiro atoms. The molecule has 12 aromatic rings. The van der Waals surface area contributed by atoms with E-state index >= 15 is 0 Å². The number of fused-ring (bicyclic) bond motifs is 14. The molecule has 0 amide bonds. The van der Waals surface area contributed by atoms with Gasteiger partial charge in [-0.25, -0.2) is 15.0 Å².